The molecule has 0 bridgehead atoms. The molecule has 1 saturated heterocycles. The zero-order valence-electron chi connectivity index (χ0n) is 9.55. The van der Waals surface area contributed by atoms with Gasteiger partial charge in [-0.25, -0.2) is 0 Å². The van der Waals surface area contributed by atoms with Crippen molar-refractivity contribution in [2.24, 2.45) is 0 Å². The van der Waals surface area contributed by atoms with E-state index in [1.165, 1.54) is 6.92 Å². The number of rotatable bonds is 2. The van der Waals surface area contributed by atoms with E-state index in [0.717, 1.165) is 5.69 Å². The Labute approximate surface area is 99.4 Å². The molecule has 0 spiro atoms. The van der Waals surface area contributed by atoms with E-state index in [0.29, 0.717) is 13.3 Å². The van der Waals surface area contributed by atoms with E-state index in [1.54, 1.807) is 0 Å². The average molecular weight is 234 g/mol. The first-order valence-corrected chi connectivity index (χ1v) is 5.40. The van der Waals surface area contributed by atoms with Gasteiger partial charge in [-0.05, 0) is 12.1 Å². The molecule has 1 aromatic rings. The second-order valence-corrected chi connectivity index (χ2v) is 3.89. The van der Waals surface area contributed by atoms with Crippen LogP contribution in [0.15, 0.2) is 30.3 Å². The summed E-state index contributed by atoms with van der Waals surface area (Å²) in [6.45, 7) is 2.13. The summed E-state index contributed by atoms with van der Waals surface area (Å²) in [5.41, 5.74) is 1.01. The molecule has 1 aromatic carbocycles. The topological polar surface area (TPSA) is 58.6 Å². The van der Waals surface area contributed by atoms with Gasteiger partial charge in [0.25, 0.3) is 5.91 Å². The predicted octanol–water partition coefficient (Wildman–Crippen LogP) is 0.512. The van der Waals surface area contributed by atoms with Crippen molar-refractivity contribution in [3.63, 3.8) is 0 Å². The number of benzene rings is 1. The van der Waals surface area contributed by atoms with E-state index < -0.39 is 6.10 Å². The highest BCUT2D eigenvalue weighted by atomic mass is 16.5. The van der Waals surface area contributed by atoms with Crippen LogP contribution in [-0.2, 0) is 14.3 Å². The fourth-order valence-corrected chi connectivity index (χ4v) is 1.72. The third-order valence-corrected chi connectivity index (χ3v) is 2.53. The highest BCUT2D eigenvalue weighted by Crippen LogP contribution is 2.18. The van der Waals surface area contributed by atoms with Crippen molar-refractivity contribution in [1.29, 1.82) is 0 Å². The second-order valence-electron chi connectivity index (χ2n) is 3.89. The highest BCUT2D eigenvalue weighted by Gasteiger charge is 2.29. The number of nitrogens with zero attached hydrogens (tertiary/aromatic N) is 1. The number of hydrogen-bond donors (Lipinski definition) is 1. The molecule has 0 radical (unpaired) electrons. The standard InChI is InChI=1S/C12H14N2O3/c1-9(15)13-12(16)11-7-14(8-17-11)10-5-3-2-4-6-10/h2-6,11H,7-8H2,1H3,(H,13,15,16). The molecule has 5 heteroatoms. The van der Waals surface area contributed by atoms with E-state index in [9.17, 15) is 9.59 Å². The normalized spacial score (nSPS) is 19.1. The van der Waals surface area contributed by atoms with Crippen molar-refractivity contribution in [2.75, 3.05) is 18.2 Å². The number of anilines is 1. The summed E-state index contributed by atoms with van der Waals surface area (Å²) in [5.74, 6) is -0.743. The first kappa shape index (κ1) is 11.6. The lowest BCUT2D eigenvalue weighted by Gasteiger charge is -2.15. The van der Waals surface area contributed by atoms with E-state index in [4.69, 9.17) is 4.74 Å². The molecule has 1 heterocycles. The zero-order chi connectivity index (χ0) is 12.3. The molecule has 1 aliphatic rings. The molecular formula is C12H14N2O3. The van der Waals surface area contributed by atoms with Gasteiger partial charge < -0.3 is 9.64 Å². The van der Waals surface area contributed by atoms with Crippen LogP contribution in [0.3, 0.4) is 0 Å². The lowest BCUT2D eigenvalue weighted by Crippen LogP contribution is -2.39. The Bertz CT molecular complexity index is 419. The summed E-state index contributed by atoms with van der Waals surface area (Å²) in [6, 6.07) is 9.69. The summed E-state index contributed by atoms with van der Waals surface area (Å²) in [7, 11) is 0. The van der Waals surface area contributed by atoms with Gasteiger partial charge in [-0.1, -0.05) is 18.2 Å². The first-order valence-electron chi connectivity index (χ1n) is 5.40. The summed E-state index contributed by atoms with van der Waals surface area (Å²) >= 11 is 0. The highest BCUT2D eigenvalue weighted by molar-refractivity contribution is 5.96. The lowest BCUT2D eigenvalue weighted by atomic mass is 10.2. The molecule has 1 fully saturated rings. The fraction of sp³-hybridized carbons (Fsp3) is 0.333. The van der Waals surface area contributed by atoms with Crippen LogP contribution in [0.1, 0.15) is 6.92 Å². The Hall–Kier alpha value is -1.88. The van der Waals surface area contributed by atoms with Gasteiger partial charge in [0.05, 0.1) is 6.54 Å². The van der Waals surface area contributed by atoms with Crippen LogP contribution in [0.4, 0.5) is 5.69 Å². The van der Waals surface area contributed by atoms with Crippen molar-refractivity contribution in [1.82, 2.24) is 5.32 Å². The van der Waals surface area contributed by atoms with Gasteiger partial charge in [0.2, 0.25) is 5.91 Å². The summed E-state index contributed by atoms with van der Waals surface area (Å²) in [6.07, 6.45) is -0.584. The Kier molecular flexibility index (Phi) is 3.39. The van der Waals surface area contributed by atoms with Gasteiger partial charge >= 0.3 is 0 Å². The van der Waals surface area contributed by atoms with Gasteiger partial charge in [-0.3, -0.25) is 14.9 Å². The third-order valence-electron chi connectivity index (χ3n) is 2.53. The van der Waals surface area contributed by atoms with Crippen LogP contribution in [0.5, 0.6) is 0 Å². The number of para-hydroxylation sites is 1. The molecule has 17 heavy (non-hydrogen) atoms. The van der Waals surface area contributed by atoms with Crippen molar-refractivity contribution in [3.8, 4) is 0 Å². The minimum absolute atomic E-state index is 0.361. The molecule has 0 saturated carbocycles. The quantitative estimate of drug-likeness (QED) is 0.810. The number of imide groups is 1. The molecule has 1 N–H and O–H groups in total. The van der Waals surface area contributed by atoms with Crippen molar-refractivity contribution in [3.05, 3.63) is 30.3 Å². The predicted molar refractivity (Wildman–Crippen MR) is 62.4 cm³/mol. The largest absolute Gasteiger partial charge is 0.346 e. The molecule has 2 rings (SSSR count). The van der Waals surface area contributed by atoms with Gasteiger partial charge in [-0.15, -0.1) is 0 Å². The first-order chi connectivity index (χ1) is 8.16. The minimum atomic E-state index is -0.584. The number of hydrogen-bond acceptors (Lipinski definition) is 4. The van der Waals surface area contributed by atoms with E-state index in [1.807, 2.05) is 35.2 Å². The van der Waals surface area contributed by atoms with Crippen LogP contribution >= 0.6 is 0 Å². The van der Waals surface area contributed by atoms with Crippen LogP contribution in [0.25, 0.3) is 0 Å². The number of carbonyl (C=O) groups is 2. The van der Waals surface area contributed by atoms with Gasteiger partial charge in [0, 0.05) is 12.6 Å². The minimum Gasteiger partial charge on any atom is -0.346 e. The lowest BCUT2D eigenvalue weighted by molar-refractivity contribution is -0.135. The van der Waals surface area contributed by atoms with Crippen LogP contribution < -0.4 is 10.2 Å². The smallest absolute Gasteiger partial charge is 0.257 e. The summed E-state index contributed by atoms with van der Waals surface area (Å²) in [5, 5.41) is 2.23. The number of amides is 2. The Morgan fingerprint density at radius 1 is 1.35 bits per heavy atom. The Balaban J connectivity index is 1.96. The molecule has 0 aromatic heterocycles. The molecule has 0 aliphatic carbocycles. The second kappa shape index (κ2) is 4.97. The molecule has 1 aliphatic heterocycles. The average Bonchev–Trinajstić information content (AvgIpc) is 2.78. The van der Waals surface area contributed by atoms with E-state index >= 15 is 0 Å². The van der Waals surface area contributed by atoms with Gasteiger partial charge in [0.15, 0.2) is 6.10 Å². The maximum atomic E-state index is 11.5. The number of carbonyl (C=O) groups excluding carboxylic acids is 2. The van der Waals surface area contributed by atoms with Crippen LogP contribution in [-0.4, -0.2) is 31.2 Å². The fourth-order valence-electron chi connectivity index (χ4n) is 1.72. The summed E-state index contributed by atoms with van der Waals surface area (Å²) < 4.78 is 5.34. The molecule has 90 valence electrons. The van der Waals surface area contributed by atoms with E-state index in [2.05, 4.69) is 5.32 Å². The van der Waals surface area contributed by atoms with Gasteiger partial charge in [0.1, 0.15) is 6.73 Å². The maximum Gasteiger partial charge on any atom is 0.257 e. The number of ether oxygens (including phenoxy) is 1. The molecule has 1 atom stereocenters. The molecule has 1 unspecified atom stereocenters. The zero-order valence-corrected chi connectivity index (χ0v) is 9.55. The van der Waals surface area contributed by atoms with Crippen molar-refractivity contribution in [2.45, 2.75) is 13.0 Å². The van der Waals surface area contributed by atoms with E-state index in [-0.39, 0.29) is 11.8 Å². The summed E-state index contributed by atoms with van der Waals surface area (Å²) in [4.78, 5) is 24.3. The van der Waals surface area contributed by atoms with Crippen molar-refractivity contribution < 1.29 is 14.3 Å². The monoisotopic (exact) mass is 234 g/mol. The molecular weight excluding hydrogens is 220 g/mol. The SMILES string of the molecule is CC(=O)NC(=O)C1CN(c2ccccc2)CO1. The maximum absolute atomic E-state index is 11.5. The molecule has 5 nitrogen and oxygen atoms in total. The van der Waals surface area contributed by atoms with Gasteiger partial charge in [-0.2, -0.15) is 0 Å². The Morgan fingerprint density at radius 3 is 2.71 bits per heavy atom. The molecule has 2 amide bonds. The van der Waals surface area contributed by atoms with Crippen LogP contribution in [0.2, 0.25) is 0 Å². The van der Waals surface area contributed by atoms with Crippen molar-refractivity contribution >= 4 is 17.5 Å². The van der Waals surface area contributed by atoms with Crippen LogP contribution in [0, 0.1) is 0 Å². The number of nitrogens with one attached hydrogen (secondary N) is 1. The third kappa shape index (κ3) is 2.82. The Morgan fingerprint density at radius 2 is 2.06 bits per heavy atom.